The Bertz CT molecular complexity index is 765. The number of carbonyl (C=O) groups is 1. The molecule has 0 saturated heterocycles. The summed E-state index contributed by atoms with van der Waals surface area (Å²) >= 11 is 0. The van der Waals surface area contributed by atoms with Crippen LogP contribution in [0.15, 0.2) is 33.9 Å². The number of amides is 1. The molecule has 8 heteroatoms. The minimum atomic E-state index is -3.84. The van der Waals surface area contributed by atoms with E-state index in [0.717, 1.165) is 6.39 Å². The van der Waals surface area contributed by atoms with Crippen molar-refractivity contribution in [3.63, 3.8) is 0 Å². The second kappa shape index (κ2) is 5.06. The molecule has 0 saturated carbocycles. The van der Waals surface area contributed by atoms with E-state index in [0.29, 0.717) is 16.9 Å². The Labute approximate surface area is 115 Å². The summed E-state index contributed by atoms with van der Waals surface area (Å²) in [5, 5.41) is 7.68. The Kier molecular flexibility index (Phi) is 3.60. The normalized spacial score (nSPS) is 11.3. The van der Waals surface area contributed by atoms with E-state index in [1.807, 2.05) is 0 Å². The summed E-state index contributed by atoms with van der Waals surface area (Å²) in [4.78, 5) is 15.8. The molecule has 106 valence electrons. The number of primary sulfonamides is 1. The van der Waals surface area contributed by atoms with E-state index in [2.05, 4.69) is 10.3 Å². The Hall–Kier alpha value is -2.19. The zero-order valence-corrected chi connectivity index (χ0v) is 11.7. The number of benzene rings is 1. The van der Waals surface area contributed by atoms with E-state index in [9.17, 15) is 13.2 Å². The number of nitrogens with two attached hydrogens (primary N) is 1. The Morgan fingerprint density at radius 1 is 1.35 bits per heavy atom. The number of sulfonamides is 1. The van der Waals surface area contributed by atoms with Crippen molar-refractivity contribution in [2.24, 2.45) is 5.14 Å². The van der Waals surface area contributed by atoms with Crippen molar-refractivity contribution < 1.29 is 17.6 Å². The Morgan fingerprint density at radius 3 is 2.60 bits per heavy atom. The summed E-state index contributed by atoms with van der Waals surface area (Å²) in [6.45, 7) is 3.19. The number of aryl methyl sites for hydroxylation is 1. The number of aromatic nitrogens is 1. The van der Waals surface area contributed by atoms with Crippen molar-refractivity contribution in [2.45, 2.75) is 18.7 Å². The second-order valence-electron chi connectivity index (χ2n) is 4.19. The van der Waals surface area contributed by atoms with Crippen LogP contribution in [0.1, 0.15) is 21.8 Å². The van der Waals surface area contributed by atoms with E-state index in [-0.39, 0.29) is 10.7 Å². The van der Waals surface area contributed by atoms with Crippen molar-refractivity contribution in [3.05, 3.63) is 41.6 Å². The minimum Gasteiger partial charge on any atom is -0.438 e. The van der Waals surface area contributed by atoms with E-state index < -0.39 is 15.9 Å². The molecule has 0 aliphatic rings. The molecule has 0 aliphatic heterocycles. The third kappa shape index (κ3) is 2.70. The predicted molar refractivity (Wildman–Crippen MR) is 71.7 cm³/mol. The second-order valence-corrected chi connectivity index (χ2v) is 5.72. The number of hydrogen-bond acceptors (Lipinski definition) is 5. The Balaban J connectivity index is 2.36. The first kappa shape index (κ1) is 14.2. The summed E-state index contributed by atoms with van der Waals surface area (Å²) in [7, 11) is -3.84. The number of nitrogens with one attached hydrogen (secondary N) is 1. The summed E-state index contributed by atoms with van der Waals surface area (Å²) < 4.78 is 27.8. The van der Waals surface area contributed by atoms with Gasteiger partial charge >= 0.3 is 0 Å². The standard InChI is InChI=1S/C12H13N3O4S/c1-7-9(4-3-5-10(7)20(13,17)18)15-12(16)11-8(2)14-6-19-11/h3-6H,1-2H3,(H,15,16)(H2,13,17,18). The number of oxazole rings is 1. The molecule has 1 heterocycles. The molecular formula is C12H13N3O4S. The van der Waals surface area contributed by atoms with Gasteiger partial charge in [0.2, 0.25) is 15.8 Å². The first-order chi connectivity index (χ1) is 9.30. The maximum atomic E-state index is 12.0. The van der Waals surface area contributed by atoms with E-state index in [4.69, 9.17) is 9.56 Å². The van der Waals surface area contributed by atoms with E-state index >= 15 is 0 Å². The van der Waals surface area contributed by atoms with Crippen LogP contribution < -0.4 is 10.5 Å². The first-order valence-electron chi connectivity index (χ1n) is 5.64. The zero-order chi connectivity index (χ0) is 14.9. The molecule has 1 amide bonds. The minimum absolute atomic E-state index is 0.0374. The zero-order valence-electron chi connectivity index (χ0n) is 10.9. The lowest BCUT2D eigenvalue weighted by Crippen LogP contribution is -2.17. The molecule has 7 nitrogen and oxygen atoms in total. The van der Waals surface area contributed by atoms with Gasteiger partial charge in [0.05, 0.1) is 10.6 Å². The highest BCUT2D eigenvalue weighted by molar-refractivity contribution is 7.89. The van der Waals surface area contributed by atoms with Crippen LogP contribution in [-0.4, -0.2) is 19.3 Å². The highest BCUT2D eigenvalue weighted by Gasteiger charge is 2.18. The average molecular weight is 295 g/mol. The lowest BCUT2D eigenvalue weighted by molar-refractivity contribution is 0.0995. The molecule has 20 heavy (non-hydrogen) atoms. The summed E-state index contributed by atoms with van der Waals surface area (Å²) in [6.07, 6.45) is 1.16. The maximum Gasteiger partial charge on any atom is 0.293 e. The summed E-state index contributed by atoms with van der Waals surface area (Å²) in [5.74, 6) is -0.430. The fourth-order valence-corrected chi connectivity index (χ4v) is 2.56. The third-order valence-corrected chi connectivity index (χ3v) is 3.85. The number of hydrogen-bond donors (Lipinski definition) is 2. The molecule has 0 spiro atoms. The van der Waals surface area contributed by atoms with Crippen molar-refractivity contribution in [3.8, 4) is 0 Å². The molecule has 0 bridgehead atoms. The monoisotopic (exact) mass is 295 g/mol. The molecule has 0 atom stereocenters. The van der Waals surface area contributed by atoms with Crippen LogP contribution in [0, 0.1) is 13.8 Å². The van der Waals surface area contributed by atoms with Crippen molar-refractivity contribution in [1.29, 1.82) is 0 Å². The van der Waals surface area contributed by atoms with Gasteiger partial charge in [-0.3, -0.25) is 4.79 Å². The number of anilines is 1. The topological polar surface area (TPSA) is 115 Å². The largest absolute Gasteiger partial charge is 0.438 e. The molecule has 2 aromatic rings. The first-order valence-corrected chi connectivity index (χ1v) is 7.19. The van der Waals surface area contributed by atoms with Crippen LogP contribution in [-0.2, 0) is 10.0 Å². The van der Waals surface area contributed by atoms with Crippen LogP contribution in [0.5, 0.6) is 0 Å². The summed E-state index contributed by atoms with van der Waals surface area (Å²) in [5.41, 5.74) is 1.15. The average Bonchev–Trinajstić information content (AvgIpc) is 2.76. The molecule has 3 N–H and O–H groups in total. The van der Waals surface area contributed by atoms with Crippen molar-refractivity contribution in [1.82, 2.24) is 4.98 Å². The number of rotatable bonds is 3. The Morgan fingerprint density at radius 2 is 2.05 bits per heavy atom. The van der Waals surface area contributed by atoms with Crippen LogP contribution >= 0.6 is 0 Å². The maximum absolute atomic E-state index is 12.0. The smallest absolute Gasteiger partial charge is 0.293 e. The third-order valence-electron chi connectivity index (χ3n) is 2.79. The highest BCUT2D eigenvalue weighted by Crippen LogP contribution is 2.22. The lowest BCUT2D eigenvalue weighted by Gasteiger charge is -2.10. The summed E-state index contributed by atoms with van der Waals surface area (Å²) in [6, 6.07) is 4.45. The van der Waals surface area contributed by atoms with Crippen molar-refractivity contribution >= 4 is 21.6 Å². The van der Waals surface area contributed by atoms with Crippen molar-refractivity contribution in [2.75, 3.05) is 5.32 Å². The molecule has 1 aromatic heterocycles. The molecule has 0 fully saturated rings. The fourth-order valence-electron chi connectivity index (χ4n) is 1.76. The van der Waals surface area contributed by atoms with Gasteiger partial charge in [-0.2, -0.15) is 0 Å². The quantitative estimate of drug-likeness (QED) is 0.882. The predicted octanol–water partition coefficient (Wildman–Crippen LogP) is 1.19. The number of carbonyl (C=O) groups excluding carboxylic acids is 1. The van der Waals surface area contributed by atoms with E-state index in [1.165, 1.54) is 12.1 Å². The highest BCUT2D eigenvalue weighted by atomic mass is 32.2. The van der Waals surface area contributed by atoms with Gasteiger partial charge < -0.3 is 9.73 Å². The van der Waals surface area contributed by atoms with Gasteiger partial charge in [-0.1, -0.05) is 6.07 Å². The van der Waals surface area contributed by atoms with Crippen LogP contribution in [0.4, 0.5) is 5.69 Å². The molecule has 1 aromatic carbocycles. The molecular weight excluding hydrogens is 282 g/mol. The molecule has 0 radical (unpaired) electrons. The van der Waals surface area contributed by atoms with Crippen LogP contribution in [0.25, 0.3) is 0 Å². The van der Waals surface area contributed by atoms with Gasteiger partial charge in [0.1, 0.15) is 0 Å². The molecule has 0 unspecified atom stereocenters. The fraction of sp³-hybridized carbons (Fsp3) is 0.167. The van der Waals surface area contributed by atoms with Crippen LogP contribution in [0.2, 0.25) is 0 Å². The van der Waals surface area contributed by atoms with Gasteiger partial charge in [-0.05, 0) is 31.5 Å². The van der Waals surface area contributed by atoms with Gasteiger partial charge in [-0.25, -0.2) is 18.5 Å². The van der Waals surface area contributed by atoms with Gasteiger partial charge in [0.15, 0.2) is 6.39 Å². The van der Waals surface area contributed by atoms with Gasteiger partial charge in [0.25, 0.3) is 5.91 Å². The van der Waals surface area contributed by atoms with Gasteiger partial charge in [-0.15, -0.1) is 0 Å². The molecule has 0 aliphatic carbocycles. The SMILES string of the molecule is Cc1ncoc1C(=O)Nc1cccc(S(N)(=O)=O)c1C. The number of nitrogens with zero attached hydrogens (tertiary/aromatic N) is 1. The lowest BCUT2D eigenvalue weighted by atomic mass is 10.2. The van der Waals surface area contributed by atoms with Crippen LogP contribution in [0.3, 0.4) is 0 Å². The van der Waals surface area contributed by atoms with Gasteiger partial charge in [0, 0.05) is 5.69 Å². The molecule has 2 rings (SSSR count). The van der Waals surface area contributed by atoms with E-state index in [1.54, 1.807) is 19.9 Å².